The van der Waals surface area contributed by atoms with Gasteiger partial charge in [0.2, 0.25) is 0 Å². The number of fused-ring (bicyclic) bond motifs is 2. The number of methoxy groups -OCH3 is 1. The second-order valence-corrected chi connectivity index (χ2v) is 9.57. The molecule has 0 bridgehead atoms. The van der Waals surface area contributed by atoms with Gasteiger partial charge in [-0.2, -0.15) is 0 Å². The lowest BCUT2D eigenvalue weighted by Crippen LogP contribution is -2.49. The number of rotatable bonds is 5. The summed E-state index contributed by atoms with van der Waals surface area (Å²) in [5, 5.41) is 6.02. The molecule has 0 unspecified atom stereocenters. The van der Waals surface area contributed by atoms with Gasteiger partial charge >= 0.3 is 0 Å². The molecule has 2 amide bonds. The van der Waals surface area contributed by atoms with Crippen molar-refractivity contribution < 1.29 is 14.3 Å². The van der Waals surface area contributed by atoms with Crippen LogP contribution in [0.15, 0.2) is 97.1 Å². The molecule has 0 atom stereocenters. The number of para-hydroxylation sites is 1. The number of nitrogens with zero attached hydrogens (tertiary/aromatic N) is 3. The number of amides is 2. The predicted molar refractivity (Wildman–Crippen MR) is 155 cm³/mol. The summed E-state index contributed by atoms with van der Waals surface area (Å²) in [6.45, 7) is 2.60. The maximum absolute atomic E-state index is 13.2. The Hall–Kier alpha value is -4.91. The second kappa shape index (κ2) is 10.5. The molecule has 5 aromatic rings. The molecule has 1 aromatic heterocycles. The van der Waals surface area contributed by atoms with Crippen LogP contribution in [0.3, 0.4) is 0 Å². The van der Waals surface area contributed by atoms with Gasteiger partial charge in [0.15, 0.2) is 0 Å². The van der Waals surface area contributed by atoms with E-state index in [4.69, 9.17) is 4.74 Å². The van der Waals surface area contributed by atoms with Crippen LogP contribution in [-0.2, 0) is 0 Å². The smallest absolute Gasteiger partial charge is 0.272 e. The molecule has 1 fully saturated rings. The maximum atomic E-state index is 13.2. The number of pyridine rings is 1. The minimum Gasteiger partial charge on any atom is -0.496 e. The van der Waals surface area contributed by atoms with Crippen molar-refractivity contribution >= 4 is 44.9 Å². The van der Waals surface area contributed by atoms with E-state index in [2.05, 4.69) is 15.2 Å². The number of aromatic nitrogens is 1. The highest BCUT2D eigenvalue weighted by Gasteiger charge is 2.24. The summed E-state index contributed by atoms with van der Waals surface area (Å²) in [5.41, 5.74) is 3.55. The van der Waals surface area contributed by atoms with E-state index >= 15 is 0 Å². The zero-order valence-corrected chi connectivity index (χ0v) is 21.6. The molecule has 1 N–H and O–H groups in total. The number of ether oxygens (including phenoxy) is 1. The molecule has 7 heteroatoms. The van der Waals surface area contributed by atoms with Crippen molar-refractivity contribution in [3.63, 3.8) is 0 Å². The van der Waals surface area contributed by atoms with Crippen LogP contribution in [-0.4, -0.2) is 55.0 Å². The number of carbonyl (C=O) groups is 2. The minimum atomic E-state index is -0.139. The van der Waals surface area contributed by atoms with Crippen molar-refractivity contribution in [1.82, 2.24) is 9.88 Å². The Labute approximate surface area is 226 Å². The van der Waals surface area contributed by atoms with Crippen LogP contribution >= 0.6 is 0 Å². The number of carbonyl (C=O) groups excluding carboxylic acids is 2. The van der Waals surface area contributed by atoms with Crippen LogP contribution in [0.25, 0.3) is 21.7 Å². The largest absolute Gasteiger partial charge is 0.496 e. The average Bonchev–Trinajstić information content (AvgIpc) is 3.00. The SMILES string of the molecule is COc1cc(C(=O)N2CCN(c3ccc(NC(=O)c4ccc5ccccc5c4)cc3)CC2)nc2ccccc12. The van der Waals surface area contributed by atoms with E-state index < -0.39 is 0 Å². The van der Waals surface area contributed by atoms with Crippen molar-refractivity contribution in [2.45, 2.75) is 0 Å². The van der Waals surface area contributed by atoms with Gasteiger partial charge in [0.25, 0.3) is 11.8 Å². The van der Waals surface area contributed by atoms with Crippen LogP contribution in [0.1, 0.15) is 20.8 Å². The molecule has 0 radical (unpaired) electrons. The number of anilines is 2. The van der Waals surface area contributed by atoms with Gasteiger partial charge < -0.3 is 19.9 Å². The minimum absolute atomic E-state index is 0.0922. The first-order chi connectivity index (χ1) is 19.1. The molecule has 6 rings (SSSR count). The Morgan fingerprint density at radius 1 is 0.795 bits per heavy atom. The predicted octanol–water partition coefficient (Wildman–Crippen LogP) is 5.61. The van der Waals surface area contributed by atoms with Gasteiger partial charge in [0, 0.05) is 54.6 Å². The van der Waals surface area contributed by atoms with Crippen LogP contribution in [0.2, 0.25) is 0 Å². The van der Waals surface area contributed by atoms with Gasteiger partial charge in [-0.3, -0.25) is 9.59 Å². The molecule has 0 spiro atoms. The van der Waals surface area contributed by atoms with Gasteiger partial charge in [0.1, 0.15) is 11.4 Å². The molecule has 4 aromatic carbocycles. The zero-order chi connectivity index (χ0) is 26.8. The lowest BCUT2D eigenvalue weighted by Gasteiger charge is -2.36. The van der Waals surface area contributed by atoms with Gasteiger partial charge in [0.05, 0.1) is 12.6 Å². The number of hydrogen-bond acceptors (Lipinski definition) is 5. The normalized spacial score (nSPS) is 13.5. The van der Waals surface area contributed by atoms with E-state index in [0.717, 1.165) is 33.1 Å². The number of benzene rings is 4. The summed E-state index contributed by atoms with van der Waals surface area (Å²) in [6.07, 6.45) is 0. The van der Waals surface area contributed by atoms with Gasteiger partial charge in [-0.25, -0.2) is 4.98 Å². The molecule has 7 nitrogen and oxygen atoms in total. The van der Waals surface area contributed by atoms with Crippen molar-refractivity contribution in [2.75, 3.05) is 43.5 Å². The van der Waals surface area contributed by atoms with Crippen molar-refractivity contribution in [2.24, 2.45) is 0 Å². The van der Waals surface area contributed by atoms with E-state index in [-0.39, 0.29) is 11.8 Å². The molecule has 194 valence electrons. The molecular formula is C32H28N4O3. The number of piperazine rings is 1. The summed E-state index contributed by atoms with van der Waals surface area (Å²) in [7, 11) is 1.61. The van der Waals surface area contributed by atoms with E-state index in [1.54, 1.807) is 13.2 Å². The fourth-order valence-corrected chi connectivity index (χ4v) is 5.04. The monoisotopic (exact) mass is 516 g/mol. The van der Waals surface area contributed by atoms with E-state index in [0.29, 0.717) is 43.2 Å². The quantitative estimate of drug-likeness (QED) is 0.329. The molecule has 1 aliphatic rings. The summed E-state index contributed by atoms with van der Waals surface area (Å²) < 4.78 is 5.51. The first-order valence-corrected chi connectivity index (χ1v) is 13.0. The highest BCUT2D eigenvalue weighted by atomic mass is 16.5. The Morgan fingerprint density at radius 3 is 2.28 bits per heavy atom. The number of nitrogens with one attached hydrogen (secondary N) is 1. The Bertz CT molecular complexity index is 1670. The summed E-state index contributed by atoms with van der Waals surface area (Å²) >= 11 is 0. The standard InChI is InChI=1S/C32H28N4O3/c1-39-30-21-29(34-28-9-5-4-8-27(28)30)32(38)36-18-16-35(17-19-36)26-14-12-25(13-15-26)33-31(37)24-11-10-22-6-2-3-7-23(22)20-24/h2-15,20-21H,16-19H2,1H3,(H,33,37). The Morgan fingerprint density at radius 2 is 1.51 bits per heavy atom. The molecule has 1 aliphatic heterocycles. The van der Waals surface area contributed by atoms with Crippen molar-refractivity contribution in [1.29, 1.82) is 0 Å². The summed E-state index contributed by atoms with van der Waals surface area (Å²) in [4.78, 5) is 34.7. The topological polar surface area (TPSA) is 74.8 Å². The van der Waals surface area contributed by atoms with E-state index in [1.807, 2.05) is 95.9 Å². The molecule has 39 heavy (non-hydrogen) atoms. The highest BCUT2D eigenvalue weighted by Crippen LogP contribution is 2.26. The zero-order valence-electron chi connectivity index (χ0n) is 21.6. The van der Waals surface area contributed by atoms with Crippen LogP contribution in [0.4, 0.5) is 11.4 Å². The van der Waals surface area contributed by atoms with Gasteiger partial charge in [-0.1, -0.05) is 42.5 Å². The van der Waals surface area contributed by atoms with Crippen LogP contribution in [0, 0.1) is 0 Å². The first kappa shape index (κ1) is 24.4. The van der Waals surface area contributed by atoms with E-state index in [1.165, 1.54) is 0 Å². The maximum Gasteiger partial charge on any atom is 0.272 e. The fourth-order valence-electron chi connectivity index (χ4n) is 5.04. The third-order valence-corrected chi connectivity index (χ3v) is 7.19. The average molecular weight is 517 g/mol. The molecule has 0 saturated carbocycles. The van der Waals surface area contributed by atoms with Crippen molar-refractivity contribution in [3.8, 4) is 5.75 Å². The molecule has 1 saturated heterocycles. The Balaban J connectivity index is 1.08. The summed E-state index contributed by atoms with van der Waals surface area (Å²) in [6, 6.07) is 30.9. The number of hydrogen-bond donors (Lipinski definition) is 1. The second-order valence-electron chi connectivity index (χ2n) is 9.57. The molecular weight excluding hydrogens is 488 g/mol. The van der Waals surface area contributed by atoms with Gasteiger partial charge in [-0.05, 0) is 59.3 Å². The molecule has 0 aliphatic carbocycles. The highest BCUT2D eigenvalue weighted by molar-refractivity contribution is 6.06. The molecule has 2 heterocycles. The van der Waals surface area contributed by atoms with Crippen LogP contribution < -0.4 is 15.0 Å². The lowest BCUT2D eigenvalue weighted by molar-refractivity contribution is 0.0740. The third-order valence-electron chi connectivity index (χ3n) is 7.19. The third kappa shape index (κ3) is 4.99. The first-order valence-electron chi connectivity index (χ1n) is 13.0. The van der Waals surface area contributed by atoms with Crippen molar-refractivity contribution in [3.05, 3.63) is 108 Å². The van der Waals surface area contributed by atoms with E-state index in [9.17, 15) is 9.59 Å². The Kier molecular flexibility index (Phi) is 6.55. The summed E-state index contributed by atoms with van der Waals surface area (Å²) in [5.74, 6) is 0.417. The van der Waals surface area contributed by atoms with Crippen LogP contribution in [0.5, 0.6) is 5.75 Å². The van der Waals surface area contributed by atoms with Gasteiger partial charge in [-0.15, -0.1) is 0 Å². The fraction of sp³-hybridized carbons (Fsp3) is 0.156. The lowest BCUT2D eigenvalue weighted by atomic mass is 10.1.